The van der Waals surface area contributed by atoms with Gasteiger partial charge in [0.15, 0.2) is 0 Å². The molecule has 132 valence electrons. The molecule has 0 aliphatic carbocycles. The molecule has 3 rings (SSSR count). The SMILES string of the molecule is Cc1cc(N)c(NC(=O)c2cccc(Br)c2)cc1N1CCCC[C@@H]1C. The second kappa shape index (κ2) is 7.48. The van der Waals surface area contributed by atoms with E-state index in [1.165, 1.54) is 19.3 Å². The maximum Gasteiger partial charge on any atom is 0.255 e. The molecule has 25 heavy (non-hydrogen) atoms. The van der Waals surface area contributed by atoms with Crippen LogP contribution in [0.15, 0.2) is 40.9 Å². The third-order valence-electron chi connectivity index (χ3n) is 4.82. The number of nitrogens with two attached hydrogens (primary N) is 1. The van der Waals surface area contributed by atoms with Crippen LogP contribution in [0.3, 0.4) is 0 Å². The molecule has 0 spiro atoms. The van der Waals surface area contributed by atoms with Gasteiger partial charge in [-0.05, 0) is 69.0 Å². The molecule has 2 aromatic rings. The highest BCUT2D eigenvalue weighted by atomic mass is 79.9. The topological polar surface area (TPSA) is 58.4 Å². The Labute approximate surface area is 157 Å². The van der Waals surface area contributed by atoms with E-state index >= 15 is 0 Å². The Bertz CT molecular complexity index is 791. The summed E-state index contributed by atoms with van der Waals surface area (Å²) in [7, 11) is 0. The fraction of sp³-hybridized carbons (Fsp3) is 0.350. The van der Waals surface area contributed by atoms with Crippen LogP contribution in [-0.2, 0) is 0 Å². The Morgan fingerprint density at radius 1 is 1.28 bits per heavy atom. The number of hydrogen-bond acceptors (Lipinski definition) is 3. The van der Waals surface area contributed by atoms with Crippen LogP contribution >= 0.6 is 15.9 Å². The number of nitrogens with one attached hydrogen (secondary N) is 1. The van der Waals surface area contributed by atoms with Crippen LogP contribution in [0.1, 0.15) is 42.1 Å². The van der Waals surface area contributed by atoms with E-state index < -0.39 is 0 Å². The molecule has 1 saturated heterocycles. The van der Waals surface area contributed by atoms with Crippen LogP contribution < -0.4 is 16.0 Å². The van der Waals surface area contributed by atoms with Crippen LogP contribution in [0.4, 0.5) is 17.1 Å². The second-order valence-corrected chi connectivity index (χ2v) is 7.64. The van der Waals surface area contributed by atoms with Gasteiger partial charge in [-0.1, -0.05) is 22.0 Å². The lowest BCUT2D eigenvalue weighted by molar-refractivity contribution is 0.102. The van der Waals surface area contributed by atoms with Crippen molar-refractivity contribution in [2.24, 2.45) is 0 Å². The smallest absolute Gasteiger partial charge is 0.255 e. The maximum absolute atomic E-state index is 12.6. The summed E-state index contributed by atoms with van der Waals surface area (Å²) >= 11 is 3.40. The summed E-state index contributed by atoms with van der Waals surface area (Å²) in [6, 6.07) is 11.8. The molecule has 0 aromatic heterocycles. The lowest BCUT2D eigenvalue weighted by Crippen LogP contribution is -2.37. The Balaban J connectivity index is 1.88. The number of piperidine rings is 1. The number of hydrogen-bond donors (Lipinski definition) is 2. The van der Waals surface area contributed by atoms with Gasteiger partial charge in [0.25, 0.3) is 5.91 Å². The molecule has 1 aliphatic heterocycles. The number of amides is 1. The highest BCUT2D eigenvalue weighted by Crippen LogP contribution is 2.33. The molecule has 2 aromatic carbocycles. The van der Waals surface area contributed by atoms with Crippen LogP contribution in [-0.4, -0.2) is 18.5 Å². The van der Waals surface area contributed by atoms with Crippen LogP contribution in [0.5, 0.6) is 0 Å². The van der Waals surface area contributed by atoms with E-state index in [9.17, 15) is 4.79 Å². The minimum atomic E-state index is -0.158. The van der Waals surface area contributed by atoms with E-state index in [-0.39, 0.29) is 5.91 Å². The number of aryl methyl sites for hydroxylation is 1. The zero-order valence-corrected chi connectivity index (χ0v) is 16.3. The van der Waals surface area contributed by atoms with Gasteiger partial charge in [-0.25, -0.2) is 0 Å². The van der Waals surface area contributed by atoms with E-state index in [1.807, 2.05) is 24.3 Å². The van der Waals surface area contributed by atoms with E-state index in [2.05, 4.69) is 40.0 Å². The van der Waals surface area contributed by atoms with Crippen molar-refractivity contribution in [2.45, 2.75) is 39.2 Å². The number of halogens is 1. The van der Waals surface area contributed by atoms with Crippen LogP contribution in [0, 0.1) is 6.92 Å². The molecule has 5 heteroatoms. The quantitative estimate of drug-likeness (QED) is 0.713. The van der Waals surface area contributed by atoms with E-state index in [4.69, 9.17) is 5.73 Å². The molecule has 1 amide bonds. The lowest BCUT2D eigenvalue weighted by Gasteiger charge is -2.36. The number of anilines is 3. The number of nitrogens with zero attached hydrogens (tertiary/aromatic N) is 1. The molecular formula is C20H24BrN3O. The Morgan fingerprint density at radius 2 is 2.08 bits per heavy atom. The van der Waals surface area contributed by atoms with Crippen molar-refractivity contribution in [3.8, 4) is 0 Å². The van der Waals surface area contributed by atoms with Gasteiger partial charge in [-0.2, -0.15) is 0 Å². The number of carbonyl (C=O) groups is 1. The minimum Gasteiger partial charge on any atom is -0.397 e. The van der Waals surface area contributed by atoms with Gasteiger partial charge in [0, 0.05) is 28.3 Å². The zero-order chi connectivity index (χ0) is 18.0. The first-order valence-corrected chi connectivity index (χ1v) is 9.48. The largest absolute Gasteiger partial charge is 0.397 e. The Kier molecular flexibility index (Phi) is 5.33. The standard InChI is InChI=1S/C20H24BrN3O/c1-13-10-17(22)18(12-19(13)24-9-4-3-6-14(24)2)23-20(25)15-7-5-8-16(21)11-15/h5,7-8,10-12,14H,3-4,6,9,22H2,1-2H3,(H,23,25)/t14-/m0/s1. The van der Waals surface area contributed by atoms with Crippen molar-refractivity contribution in [3.05, 3.63) is 52.0 Å². The molecule has 4 nitrogen and oxygen atoms in total. The van der Waals surface area contributed by atoms with Crippen LogP contribution in [0.25, 0.3) is 0 Å². The van der Waals surface area contributed by atoms with Gasteiger partial charge < -0.3 is 16.0 Å². The van der Waals surface area contributed by atoms with E-state index in [0.717, 1.165) is 22.3 Å². The molecule has 0 radical (unpaired) electrons. The third-order valence-corrected chi connectivity index (χ3v) is 5.31. The second-order valence-electron chi connectivity index (χ2n) is 6.73. The van der Waals surface area contributed by atoms with Gasteiger partial charge in [0.05, 0.1) is 11.4 Å². The predicted molar refractivity (Wildman–Crippen MR) is 108 cm³/mol. The van der Waals surface area contributed by atoms with E-state index in [1.54, 1.807) is 12.1 Å². The van der Waals surface area contributed by atoms with Crippen molar-refractivity contribution in [1.82, 2.24) is 0 Å². The third kappa shape index (κ3) is 3.98. The van der Waals surface area contributed by atoms with Crippen LogP contribution in [0.2, 0.25) is 0 Å². The first kappa shape index (κ1) is 17.8. The highest BCUT2D eigenvalue weighted by Gasteiger charge is 2.21. The molecule has 1 heterocycles. The number of nitrogen functional groups attached to an aromatic ring is 1. The number of carbonyl (C=O) groups excluding carboxylic acids is 1. The molecule has 1 fully saturated rings. The number of benzene rings is 2. The number of rotatable bonds is 3. The maximum atomic E-state index is 12.6. The Morgan fingerprint density at radius 3 is 2.80 bits per heavy atom. The summed E-state index contributed by atoms with van der Waals surface area (Å²) < 4.78 is 0.875. The van der Waals surface area contributed by atoms with Crippen molar-refractivity contribution < 1.29 is 4.79 Å². The Hall–Kier alpha value is -2.01. The molecule has 1 aliphatic rings. The summed E-state index contributed by atoms with van der Waals surface area (Å²) in [5.74, 6) is -0.158. The van der Waals surface area contributed by atoms with Crippen molar-refractivity contribution in [2.75, 3.05) is 22.5 Å². The fourth-order valence-corrected chi connectivity index (χ4v) is 3.82. The summed E-state index contributed by atoms with van der Waals surface area (Å²) in [6.07, 6.45) is 3.68. The fourth-order valence-electron chi connectivity index (χ4n) is 3.42. The van der Waals surface area contributed by atoms with Gasteiger partial charge >= 0.3 is 0 Å². The minimum absolute atomic E-state index is 0.158. The van der Waals surface area contributed by atoms with Gasteiger partial charge in [0.2, 0.25) is 0 Å². The highest BCUT2D eigenvalue weighted by molar-refractivity contribution is 9.10. The predicted octanol–water partition coefficient (Wildman–Crippen LogP) is 4.97. The first-order valence-electron chi connectivity index (χ1n) is 8.69. The average Bonchev–Trinajstić information content (AvgIpc) is 2.58. The van der Waals surface area contributed by atoms with Gasteiger partial charge in [-0.3, -0.25) is 4.79 Å². The van der Waals surface area contributed by atoms with Crippen molar-refractivity contribution in [3.63, 3.8) is 0 Å². The summed E-state index contributed by atoms with van der Waals surface area (Å²) in [4.78, 5) is 15.0. The lowest BCUT2D eigenvalue weighted by atomic mass is 10.0. The normalized spacial score (nSPS) is 17.4. The first-order chi connectivity index (χ1) is 12.0. The van der Waals surface area contributed by atoms with Crippen molar-refractivity contribution in [1.29, 1.82) is 0 Å². The molecular weight excluding hydrogens is 378 g/mol. The molecule has 3 N–H and O–H groups in total. The molecule has 0 unspecified atom stereocenters. The van der Waals surface area contributed by atoms with Gasteiger partial charge in [0.1, 0.15) is 0 Å². The molecule has 1 atom stereocenters. The molecule has 0 bridgehead atoms. The van der Waals surface area contributed by atoms with Gasteiger partial charge in [-0.15, -0.1) is 0 Å². The monoisotopic (exact) mass is 401 g/mol. The van der Waals surface area contributed by atoms with Crippen molar-refractivity contribution >= 4 is 38.9 Å². The molecule has 0 saturated carbocycles. The summed E-state index contributed by atoms with van der Waals surface area (Å²) in [5, 5.41) is 2.96. The average molecular weight is 402 g/mol. The van der Waals surface area contributed by atoms with E-state index in [0.29, 0.717) is 23.0 Å². The summed E-state index contributed by atoms with van der Waals surface area (Å²) in [5.41, 5.74) is 10.3. The zero-order valence-electron chi connectivity index (χ0n) is 14.7. The summed E-state index contributed by atoms with van der Waals surface area (Å²) in [6.45, 7) is 5.38.